The van der Waals surface area contributed by atoms with Crippen LogP contribution in [0.15, 0.2) is 12.1 Å². The minimum Gasteiger partial charge on any atom is -0.481 e. The quantitative estimate of drug-likeness (QED) is 0.858. The van der Waals surface area contributed by atoms with Gasteiger partial charge in [0, 0.05) is 18.8 Å². The number of carbonyl (C=O) groups is 2. The molecule has 21 heavy (non-hydrogen) atoms. The third kappa shape index (κ3) is 2.84. The van der Waals surface area contributed by atoms with Crippen molar-refractivity contribution in [2.24, 2.45) is 11.1 Å². The number of rotatable bonds is 5. The van der Waals surface area contributed by atoms with Gasteiger partial charge in [-0.3, -0.25) is 9.59 Å². The lowest BCUT2D eigenvalue weighted by Crippen LogP contribution is -2.35. The van der Waals surface area contributed by atoms with Gasteiger partial charge in [-0.2, -0.15) is 0 Å². The molecule has 1 aliphatic rings. The summed E-state index contributed by atoms with van der Waals surface area (Å²) in [7, 11) is 0. The zero-order valence-corrected chi connectivity index (χ0v) is 12.4. The third-order valence-corrected chi connectivity index (χ3v) is 4.12. The predicted octanol–water partition coefficient (Wildman–Crippen LogP) is 1.57. The Balaban J connectivity index is 2.35. The lowest BCUT2D eigenvalue weighted by molar-refractivity contribution is -0.148. The van der Waals surface area contributed by atoms with E-state index in [1.165, 1.54) is 0 Å². The fraction of sp³-hybridized carbons (Fsp3) is 0.533. The monoisotopic (exact) mass is 291 g/mol. The molecule has 1 unspecified atom stereocenters. The highest BCUT2D eigenvalue weighted by molar-refractivity contribution is 5.98. The Morgan fingerprint density at radius 2 is 2.19 bits per heavy atom. The summed E-state index contributed by atoms with van der Waals surface area (Å²) in [4.78, 5) is 29.5. The molecule has 3 N–H and O–H groups in total. The van der Waals surface area contributed by atoms with Gasteiger partial charge in [-0.15, -0.1) is 0 Å². The van der Waals surface area contributed by atoms with Gasteiger partial charge in [0.15, 0.2) is 0 Å². The van der Waals surface area contributed by atoms with E-state index in [9.17, 15) is 14.7 Å². The summed E-state index contributed by atoms with van der Waals surface area (Å²) in [5.41, 5.74) is 5.76. The van der Waals surface area contributed by atoms with Gasteiger partial charge in [0.05, 0.1) is 11.0 Å². The number of carbonyl (C=O) groups excluding carboxylic acids is 1. The number of aryl methyl sites for hydroxylation is 1. The number of pyridine rings is 1. The first-order valence-electron chi connectivity index (χ1n) is 7.15. The molecule has 6 heteroatoms. The van der Waals surface area contributed by atoms with E-state index in [2.05, 4.69) is 4.98 Å². The number of amides is 1. The molecule has 1 aliphatic heterocycles. The van der Waals surface area contributed by atoms with Gasteiger partial charge >= 0.3 is 5.97 Å². The highest BCUT2D eigenvalue weighted by Gasteiger charge is 2.44. The maximum atomic E-state index is 11.6. The number of nitrogens with two attached hydrogens (primary N) is 1. The molecule has 114 valence electrons. The van der Waals surface area contributed by atoms with Crippen molar-refractivity contribution in [3.05, 3.63) is 23.4 Å². The van der Waals surface area contributed by atoms with E-state index in [0.717, 1.165) is 12.1 Å². The predicted molar refractivity (Wildman–Crippen MR) is 79.3 cm³/mol. The third-order valence-electron chi connectivity index (χ3n) is 4.12. The number of carboxylic acids is 1. The molecule has 0 aliphatic carbocycles. The summed E-state index contributed by atoms with van der Waals surface area (Å²) in [5.74, 6) is -0.817. The van der Waals surface area contributed by atoms with Crippen molar-refractivity contribution < 1.29 is 14.7 Å². The number of aliphatic carboxylic acids is 1. The Hall–Kier alpha value is -2.11. The number of aromatic nitrogens is 1. The summed E-state index contributed by atoms with van der Waals surface area (Å²) in [6.45, 7) is 4.75. The summed E-state index contributed by atoms with van der Waals surface area (Å²) in [6, 6.07) is 3.39. The van der Waals surface area contributed by atoms with Crippen molar-refractivity contribution in [3.8, 4) is 0 Å². The molecule has 1 atom stereocenters. The van der Waals surface area contributed by atoms with E-state index in [1.807, 2.05) is 18.7 Å². The van der Waals surface area contributed by atoms with E-state index in [0.29, 0.717) is 37.3 Å². The van der Waals surface area contributed by atoms with Gasteiger partial charge in [0.1, 0.15) is 5.82 Å². The van der Waals surface area contributed by atoms with Crippen LogP contribution in [-0.2, 0) is 4.79 Å². The van der Waals surface area contributed by atoms with Crippen LogP contribution in [0.4, 0.5) is 5.82 Å². The first kappa shape index (κ1) is 15.3. The molecule has 2 rings (SSSR count). The van der Waals surface area contributed by atoms with Gasteiger partial charge in [0.2, 0.25) is 0 Å². The molecule has 1 saturated heterocycles. The van der Waals surface area contributed by atoms with E-state index in [-0.39, 0.29) is 0 Å². The maximum absolute atomic E-state index is 11.6. The summed E-state index contributed by atoms with van der Waals surface area (Å²) in [5, 5.41) is 9.55. The van der Waals surface area contributed by atoms with Crippen LogP contribution in [0.25, 0.3) is 0 Å². The van der Waals surface area contributed by atoms with Crippen molar-refractivity contribution >= 4 is 17.7 Å². The van der Waals surface area contributed by atoms with Gasteiger partial charge in [0.25, 0.3) is 5.91 Å². The van der Waals surface area contributed by atoms with Gasteiger partial charge in [-0.1, -0.05) is 13.3 Å². The van der Waals surface area contributed by atoms with Crippen molar-refractivity contribution in [3.63, 3.8) is 0 Å². The Labute approximate surface area is 124 Å². The van der Waals surface area contributed by atoms with E-state index < -0.39 is 17.3 Å². The van der Waals surface area contributed by atoms with Crippen molar-refractivity contribution in [1.82, 2.24) is 4.98 Å². The van der Waals surface area contributed by atoms with Crippen LogP contribution in [-0.4, -0.2) is 35.1 Å². The van der Waals surface area contributed by atoms with Crippen molar-refractivity contribution in [2.75, 3.05) is 18.0 Å². The Bertz CT molecular complexity index is 573. The SMILES string of the molecule is CCCC1(C(=O)O)CCN(c2nc(C)ccc2C(N)=O)C1. The van der Waals surface area contributed by atoms with Crippen LogP contribution in [0.1, 0.15) is 42.2 Å². The topological polar surface area (TPSA) is 96.5 Å². The molecular formula is C15H21N3O3. The molecule has 2 heterocycles. The van der Waals surface area contributed by atoms with Crippen LogP contribution >= 0.6 is 0 Å². The lowest BCUT2D eigenvalue weighted by atomic mass is 9.83. The highest BCUT2D eigenvalue weighted by Crippen LogP contribution is 2.38. The second kappa shape index (κ2) is 5.71. The lowest BCUT2D eigenvalue weighted by Gasteiger charge is -2.25. The second-order valence-electron chi connectivity index (χ2n) is 5.70. The fourth-order valence-electron chi connectivity index (χ4n) is 2.99. The molecule has 1 fully saturated rings. The molecule has 0 radical (unpaired) electrons. The minimum atomic E-state index is -0.778. The molecular weight excluding hydrogens is 270 g/mol. The smallest absolute Gasteiger partial charge is 0.311 e. The largest absolute Gasteiger partial charge is 0.481 e. The van der Waals surface area contributed by atoms with Crippen molar-refractivity contribution in [1.29, 1.82) is 0 Å². The van der Waals surface area contributed by atoms with Gasteiger partial charge < -0.3 is 15.7 Å². The molecule has 0 aromatic carbocycles. The first-order valence-corrected chi connectivity index (χ1v) is 7.15. The first-order chi connectivity index (χ1) is 9.89. The summed E-state index contributed by atoms with van der Waals surface area (Å²) < 4.78 is 0. The molecule has 0 saturated carbocycles. The number of hydrogen-bond acceptors (Lipinski definition) is 4. The molecule has 6 nitrogen and oxygen atoms in total. The van der Waals surface area contributed by atoms with E-state index in [4.69, 9.17) is 5.73 Å². The zero-order chi connectivity index (χ0) is 15.6. The van der Waals surface area contributed by atoms with Crippen LogP contribution in [0.2, 0.25) is 0 Å². The maximum Gasteiger partial charge on any atom is 0.311 e. The molecule has 0 bridgehead atoms. The van der Waals surface area contributed by atoms with Crippen molar-refractivity contribution in [2.45, 2.75) is 33.1 Å². The van der Waals surface area contributed by atoms with Crippen LogP contribution in [0.5, 0.6) is 0 Å². The number of primary amides is 1. The zero-order valence-electron chi connectivity index (χ0n) is 12.4. The number of anilines is 1. The van der Waals surface area contributed by atoms with Crippen LogP contribution < -0.4 is 10.6 Å². The highest BCUT2D eigenvalue weighted by atomic mass is 16.4. The van der Waals surface area contributed by atoms with E-state index >= 15 is 0 Å². The normalized spacial score (nSPS) is 21.5. The average Bonchev–Trinajstić information content (AvgIpc) is 2.84. The number of nitrogens with zero attached hydrogens (tertiary/aromatic N) is 2. The van der Waals surface area contributed by atoms with Crippen LogP contribution in [0, 0.1) is 12.3 Å². The van der Waals surface area contributed by atoms with Gasteiger partial charge in [-0.05, 0) is 31.9 Å². The number of hydrogen-bond donors (Lipinski definition) is 2. The van der Waals surface area contributed by atoms with Gasteiger partial charge in [-0.25, -0.2) is 4.98 Å². The molecule has 0 spiro atoms. The molecule has 1 aromatic heterocycles. The molecule has 1 amide bonds. The molecule has 1 aromatic rings. The minimum absolute atomic E-state index is 0.346. The Morgan fingerprint density at radius 1 is 1.48 bits per heavy atom. The summed E-state index contributed by atoms with van der Waals surface area (Å²) >= 11 is 0. The second-order valence-corrected chi connectivity index (χ2v) is 5.70. The number of carboxylic acid groups (broad SMARTS) is 1. The standard InChI is InChI=1S/C15H21N3O3/c1-3-6-15(14(20)21)7-8-18(9-15)13-11(12(16)19)5-4-10(2)17-13/h4-5H,3,6-9H2,1-2H3,(H2,16,19)(H,20,21). The Kier molecular flexibility index (Phi) is 4.16. The Morgan fingerprint density at radius 3 is 2.76 bits per heavy atom. The van der Waals surface area contributed by atoms with Crippen LogP contribution in [0.3, 0.4) is 0 Å². The average molecular weight is 291 g/mol. The fourth-order valence-corrected chi connectivity index (χ4v) is 2.99. The van der Waals surface area contributed by atoms with E-state index in [1.54, 1.807) is 12.1 Å². The summed E-state index contributed by atoms with van der Waals surface area (Å²) in [6.07, 6.45) is 1.99.